The van der Waals surface area contributed by atoms with Crippen molar-refractivity contribution >= 4 is 43.1 Å². The SMILES string of the molecule is c1cc2ccc(OCC3CO3)c(Cc3c(OCC4CO4)ccc4ccc(OCC5CO5)cc34)c2cc1OCC1CO1.c1ccc2c(Cc3c(OCC4CO4)ccc4ccccc34)c(OCC3CC3)ccc2c1. The highest BCUT2D eigenvalue weighted by atomic mass is 16.6. The summed E-state index contributed by atoms with van der Waals surface area (Å²) in [4.78, 5) is 0. The average Bonchev–Trinajstić information content (AvgIpc) is 4.19. The van der Waals surface area contributed by atoms with Gasteiger partial charge in [0, 0.05) is 35.1 Å². The van der Waals surface area contributed by atoms with Crippen molar-refractivity contribution in [1.82, 2.24) is 0 Å². The number of epoxide rings is 5. The quantitative estimate of drug-likeness (QED) is 0.0604. The molecule has 14 rings (SSSR count). The molecule has 0 aromatic heterocycles. The molecule has 72 heavy (non-hydrogen) atoms. The fourth-order valence-electron chi connectivity index (χ4n) is 9.36. The maximum atomic E-state index is 6.36. The number of rotatable bonds is 22. The Kier molecular flexibility index (Phi) is 12.7. The van der Waals surface area contributed by atoms with E-state index in [-0.39, 0.29) is 30.5 Å². The molecular formula is C61H58O11. The first-order chi connectivity index (χ1) is 35.6. The third kappa shape index (κ3) is 11.1. The molecular weight excluding hydrogens is 909 g/mol. The molecule has 0 radical (unpaired) electrons. The number of fused-ring (bicyclic) bond motifs is 4. The molecule has 5 saturated heterocycles. The van der Waals surface area contributed by atoms with Gasteiger partial charge in [-0.15, -0.1) is 0 Å². The maximum Gasteiger partial charge on any atom is 0.123 e. The van der Waals surface area contributed by atoms with E-state index in [4.69, 9.17) is 52.1 Å². The van der Waals surface area contributed by atoms with E-state index in [2.05, 4.69) is 121 Å². The molecule has 0 N–H and O–H groups in total. The second-order valence-electron chi connectivity index (χ2n) is 19.8. The summed E-state index contributed by atoms with van der Waals surface area (Å²) in [6.45, 7) is 7.35. The van der Waals surface area contributed by atoms with Crippen molar-refractivity contribution in [2.75, 3.05) is 72.7 Å². The largest absolute Gasteiger partial charge is 0.493 e. The highest BCUT2D eigenvalue weighted by Crippen LogP contribution is 2.41. The lowest BCUT2D eigenvalue weighted by atomic mass is 9.93. The second kappa shape index (κ2) is 20.1. The molecule has 1 aliphatic carbocycles. The van der Waals surface area contributed by atoms with Gasteiger partial charge in [0.25, 0.3) is 0 Å². The van der Waals surface area contributed by atoms with E-state index in [9.17, 15) is 0 Å². The minimum Gasteiger partial charge on any atom is -0.493 e. The van der Waals surface area contributed by atoms with E-state index in [0.717, 1.165) is 113 Å². The molecule has 5 atom stereocenters. The summed E-state index contributed by atoms with van der Waals surface area (Å²) in [6.07, 6.45) is 4.84. The lowest BCUT2D eigenvalue weighted by Gasteiger charge is -2.19. The molecule has 1 saturated carbocycles. The molecule has 5 unspecified atom stereocenters. The van der Waals surface area contributed by atoms with Crippen LogP contribution in [0.3, 0.4) is 0 Å². The van der Waals surface area contributed by atoms with E-state index >= 15 is 0 Å². The summed E-state index contributed by atoms with van der Waals surface area (Å²) in [5, 5.41) is 9.36. The van der Waals surface area contributed by atoms with Crippen molar-refractivity contribution in [1.29, 1.82) is 0 Å². The maximum absolute atomic E-state index is 6.36. The fourth-order valence-corrected chi connectivity index (χ4v) is 9.36. The standard InChI is InChI=1S/C33H32O8.C28H26O3/c1-5-22(34-12-24-14-36-24)9-28-20(1)3-7-32(40-18-26-16-38-26)30(28)11-31-29-10-23(35-13-25-15-37-25)6-2-21(29)4-8-33(31)41-19-27-17-39-27;1-3-7-23-20(5-1)11-13-27(30-16-19-9-10-19)25(23)15-26-24-8-4-2-6-21(24)12-14-28(26)31-18-22-17-29-22/h1-10,24-27H,11-19H2;1-8,11-14,19,22H,9-10,15-18H2. The van der Waals surface area contributed by atoms with Crippen LogP contribution in [0, 0.1) is 5.92 Å². The predicted molar refractivity (Wildman–Crippen MR) is 276 cm³/mol. The smallest absolute Gasteiger partial charge is 0.123 e. The number of benzene rings is 8. The summed E-state index contributed by atoms with van der Waals surface area (Å²) in [5.74, 6) is 5.95. The Morgan fingerprint density at radius 2 is 0.625 bits per heavy atom. The van der Waals surface area contributed by atoms with Crippen molar-refractivity contribution < 1.29 is 52.1 Å². The van der Waals surface area contributed by atoms with Crippen LogP contribution in [-0.2, 0) is 36.5 Å². The highest BCUT2D eigenvalue weighted by molar-refractivity contribution is 5.94. The monoisotopic (exact) mass is 966 g/mol. The zero-order valence-corrected chi connectivity index (χ0v) is 40.3. The summed E-state index contributed by atoms with van der Waals surface area (Å²) in [7, 11) is 0. The summed E-state index contributed by atoms with van der Waals surface area (Å²) in [6, 6.07) is 46.5. The minimum atomic E-state index is 0.150. The van der Waals surface area contributed by atoms with Crippen LogP contribution in [0.2, 0.25) is 0 Å². The van der Waals surface area contributed by atoms with Gasteiger partial charge in [-0.25, -0.2) is 0 Å². The third-order valence-corrected chi connectivity index (χ3v) is 14.2. The fraction of sp³-hybridized carbons (Fsp3) is 0.344. The number of ether oxygens (including phenoxy) is 11. The van der Waals surface area contributed by atoms with Crippen LogP contribution in [0.1, 0.15) is 35.1 Å². The molecule has 0 bridgehead atoms. The average molecular weight is 967 g/mol. The first-order valence-electron chi connectivity index (χ1n) is 25.6. The van der Waals surface area contributed by atoms with Crippen molar-refractivity contribution in [3.05, 3.63) is 156 Å². The van der Waals surface area contributed by atoms with Crippen molar-refractivity contribution in [3.63, 3.8) is 0 Å². The molecule has 11 heteroatoms. The predicted octanol–water partition coefficient (Wildman–Crippen LogP) is 10.8. The Hall–Kier alpha value is -6.60. The Morgan fingerprint density at radius 1 is 0.319 bits per heavy atom. The van der Waals surface area contributed by atoms with Crippen LogP contribution in [0.15, 0.2) is 133 Å². The molecule has 5 aliphatic heterocycles. The number of hydrogen-bond acceptors (Lipinski definition) is 11. The highest BCUT2D eigenvalue weighted by Gasteiger charge is 2.29. The Morgan fingerprint density at radius 3 is 0.986 bits per heavy atom. The second-order valence-corrected chi connectivity index (χ2v) is 19.8. The van der Waals surface area contributed by atoms with Gasteiger partial charge in [-0.2, -0.15) is 0 Å². The summed E-state index contributed by atoms with van der Waals surface area (Å²) >= 11 is 0. The number of hydrogen-bond donors (Lipinski definition) is 0. The van der Waals surface area contributed by atoms with E-state index in [1.807, 2.05) is 12.1 Å². The van der Waals surface area contributed by atoms with Gasteiger partial charge < -0.3 is 52.1 Å². The Balaban J connectivity index is 0.000000146. The van der Waals surface area contributed by atoms with E-state index < -0.39 is 0 Å². The summed E-state index contributed by atoms with van der Waals surface area (Å²) < 4.78 is 64.4. The molecule has 0 amide bonds. The minimum absolute atomic E-state index is 0.150. The van der Waals surface area contributed by atoms with Gasteiger partial charge in [-0.05, 0) is 110 Å². The topological polar surface area (TPSA) is 118 Å². The van der Waals surface area contributed by atoms with Crippen LogP contribution < -0.4 is 28.4 Å². The summed E-state index contributed by atoms with van der Waals surface area (Å²) in [5.41, 5.74) is 4.61. The lowest BCUT2D eigenvalue weighted by molar-refractivity contribution is 0.259. The van der Waals surface area contributed by atoms with Crippen LogP contribution >= 0.6 is 0 Å². The van der Waals surface area contributed by atoms with Gasteiger partial charge in [0.2, 0.25) is 0 Å². The van der Waals surface area contributed by atoms with Crippen molar-refractivity contribution in [2.24, 2.45) is 5.92 Å². The van der Waals surface area contributed by atoms with Crippen LogP contribution in [0.5, 0.6) is 34.5 Å². The van der Waals surface area contributed by atoms with Gasteiger partial charge in [-0.1, -0.05) is 84.9 Å². The molecule has 6 fully saturated rings. The van der Waals surface area contributed by atoms with E-state index in [1.165, 1.54) is 45.5 Å². The third-order valence-electron chi connectivity index (χ3n) is 14.2. The van der Waals surface area contributed by atoms with Gasteiger partial charge >= 0.3 is 0 Å². The van der Waals surface area contributed by atoms with E-state index in [0.29, 0.717) is 45.4 Å². The van der Waals surface area contributed by atoms with Gasteiger partial charge in [0.05, 0.1) is 39.6 Å². The van der Waals surface area contributed by atoms with E-state index in [1.54, 1.807) is 0 Å². The normalized spacial score (nSPS) is 21.2. The Labute approximate surface area is 418 Å². The van der Waals surface area contributed by atoms with Crippen molar-refractivity contribution in [2.45, 2.75) is 56.2 Å². The molecule has 5 heterocycles. The molecule has 368 valence electrons. The molecule has 6 aliphatic rings. The Bertz CT molecular complexity index is 3010. The zero-order valence-electron chi connectivity index (χ0n) is 40.3. The van der Waals surface area contributed by atoms with Gasteiger partial charge in [-0.3, -0.25) is 0 Å². The molecule has 8 aromatic carbocycles. The van der Waals surface area contributed by atoms with Crippen LogP contribution in [-0.4, -0.2) is 103 Å². The van der Waals surface area contributed by atoms with Crippen LogP contribution in [0.4, 0.5) is 0 Å². The molecule has 11 nitrogen and oxygen atoms in total. The molecule has 8 aromatic rings. The first-order valence-corrected chi connectivity index (χ1v) is 25.6. The van der Waals surface area contributed by atoms with Crippen molar-refractivity contribution in [3.8, 4) is 34.5 Å². The lowest BCUT2D eigenvalue weighted by Crippen LogP contribution is -2.09. The molecule has 0 spiro atoms. The van der Waals surface area contributed by atoms with Crippen LogP contribution in [0.25, 0.3) is 43.1 Å². The van der Waals surface area contributed by atoms with Gasteiger partial charge in [0.15, 0.2) is 0 Å². The zero-order chi connectivity index (χ0) is 47.8. The first kappa shape index (κ1) is 45.3. The van der Waals surface area contributed by atoms with Gasteiger partial charge in [0.1, 0.15) is 98.1 Å².